The molecule has 5 rings (SSSR count). The highest BCUT2D eigenvalue weighted by Crippen LogP contribution is 2.25. The van der Waals surface area contributed by atoms with Gasteiger partial charge in [0.05, 0.1) is 0 Å². The molecule has 3 aromatic rings. The van der Waals surface area contributed by atoms with Crippen LogP contribution in [0.2, 0.25) is 0 Å². The number of benzene rings is 3. The van der Waals surface area contributed by atoms with Crippen LogP contribution in [0.1, 0.15) is 35.1 Å². The Hall–Kier alpha value is -3.11. The molecule has 1 amide bonds. The van der Waals surface area contributed by atoms with Gasteiger partial charge in [0.25, 0.3) is 0 Å². The Morgan fingerprint density at radius 1 is 0.788 bits per heavy atom. The highest BCUT2D eigenvalue weighted by atomic mass is 16.5. The lowest BCUT2D eigenvalue weighted by Gasteiger charge is -2.36. The van der Waals surface area contributed by atoms with Crippen molar-refractivity contribution in [2.24, 2.45) is 5.92 Å². The molecule has 0 atom stereocenters. The summed E-state index contributed by atoms with van der Waals surface area (Å²) in [6.45, 7) is 5.10. The lowest BCUT2D eigenvalue weighted by molar-refractivity contribution is -0.138. The van der Waals surface area contributed by atoms with Crippen molar-refractivity contribution in [2.75, 3.05) is 19.6 Å². The fourth-order valence-electron chi connectivity index (χ4n) is 4.97. The third kappa shape index (κ3) is 5.45. The van der Waals surface area contributed by atoms with Crippen LogP contribution in [0.5, 0.6) is 5.75 Å². The maximum atomic E-state index is 13.1. The third-order valence-corrected chi connectivity index (χ3v) is 6.96. The molecule has 170 valence electrons. The Bertz CT molecular complexity index is 1060. The van der Waals surface area contributed by atoms with Gasteiger partial charge < -0.3 is 9.64 Å². The van der Waals surface area contributed by atoms with Crippen molar-refractivity contribution in [1.82, 2.24) is 9.80 Å². The molecule has 0 unspecified atom stereocenters. The molecule has 0 N–H and O–H groups in total. The first-order chi connectivity index (χ1) is 16.2. The van der Waals surface area contributed by atoms with Crippen LogP contribution in [0.25, 0.3) is 0 Å². The average molecular weight is 441 g/mol. The van der Waals surface area contributed by atoms with Gasteiger partial charge in [-0.05, 0) is 66.7 Å². The molecule has 0 saturated carbocycles. The number of carbonyl (C=O) groups excluding carboxylic acids is 1. The topological polar surface area (TPSA) is 32.8 Å². The summed E-state index contributed by atoms with van der Waals surface area (Å²) in [5.41, 5.74) is 5.17. The highest BCUT2D eigenvalue weighted by molar-refractivity contribution is 5.79. The highest BCUT2D eigenvalue weighted by Gasteiger charge is 2.30. The first-order valence-electron chi connectivity index (χ1n) is 12.1. The van der Waals surface area contributed by atoms with Gasteiger partial charge in [-0.25, -0.2) is 0 Å². The Morgan fingerprint density at radius 3 is 2.24 bits per heavy atom. The molecule has 0 aliphatic carbocycles. The molecule has 0 bridgehead atoms. The second-order valence-corrected chi connectivity index (χ2v) is 9.25. The molecule has 2 aliphatic rings. The molecule has 0 aromatic heterocycles. The summed E-state index contributed by atoms with van der Waals surface area (Å²) >= 11 is 0. The van der Waals surface area contributed by atoms with Crippen molar-refractivity contribution in [2.45, 2.75) is 39.0 Å². The van der Waals surface area contributed by atoms with Gasteiger partial charge in [-0.2, -0.15) is 0 Å². The van der Waals surface area contributed by atoms with Crippen LogP contribution in [0.3, 0.4) is 0 Å². The predicted molar refractivity (Wildman–Crippen MR) is 131 cm³/mol. The van der Waals surface area contributed by atoms with Crippen LogP contribution in [0, 0.1) is 5.92 Å². The summed E-state index contributed by atoms with van der Waals surface area (Å²) in [7, 11) is 0. The van der Waals surface area contributed by atoms with E-state index in [1.165, 1.54) is 22.3 Å². The van der Waals surface area contributed by atoms with Crippen LogP contribution < -0.4 is 4.74 Å². The van der Waals surface area contributed by atoms with Crippen LogP contribution in [-0.4, -0.2) is 35.3 Å². The number of rotatable bonds is 6. The summed E-state index contributed by atoms with van der Waals surface area (Å²) in [6.07, 6.45) is 2.89. The number of hydrogen-bond acceptors (Lipinski definition) is 3. The summed E-state index contributed by atoms with van der Waals surface area (Å²) in [5.74, 6) is 1.42. The second kappa shape index (κ2) is 10.2. The van der Waals surface area contributed by atoms with Crippen LogP contribution in [-0.2, 0) is 30.9 Å². The number of nitrogens with zero attached hydrogens (tertiary/aromatic N) is 2. The summed E-state index contributed by atoms with van der Waals surface area (Å²) in [6, 6.07) is 27.2. The zero-order chi connectivity index (χ0) is 22.5. The molecule has 1 fully saturated rings. The van der Waals surface area contributed by atoms with Crippen molar-refractivity contribution in [3.63, 3.8) is 0 Å². The maximum absolute atomic E-state index is 13.1. The SMILES string of the molecule is O=C(C1CCN(Cc2ccc(OCc3ccccc3)cc2)CC1)N1CCc2ccccc2C1. The molecule has 4 nitrogen and oxygen atoms in total. The second-order valence-electron chi connectivity index (χ2n) is 9.25. The van der Waals surface area contributed by atoms with Crippen LogP contribution >= 0.6 is 0 Å². The zero-order valence-electron chi connectivity index (χ0n) is 19.2. The number of likely N-dealkylation sites (tertiary alicyclic amines) is 1. The third-order valence-electron chi connectivity index (χ3n) is 6.96. The van der Waals surface area contributed by atoms with Gasteiger partial charge in [-0.3, -0.25) is 9.69 Å². The van der Waals surface area contributed by atoms with Gasteiger partial charge in [0.2, 0.25) is 5.91 Å². The number of piperidine rings is 1. The first kappa shape index (κ1) is 21.7. The fourth-order valence-corrected chi connectivity index (χ4v) is 4.97. The lowest BCUT2D eigenvalue weighted by Crippen LogP contribution is -2.44. The summed E-state index contributed by atoms with van der Waals surface area (Å²) in [4.78, 5) is 17.7. The zero-order valence-corrected chi connectivity index (χ0v) is 19.2. The molecule has 2 heterocycles. The van der Waals surface area contributed by atoms with Gasteiger partial charge in [0.15, 0.2) is 0 Å². The first-order valence-corrected chi connectivity index (χ1v) is 12.1. The van der Waals surface area contributed by atoms with Gasteiger partial charge in [0, 0.05) is 25.6 Å². The lowest BCUT2D eigenvalue weighted by atomic mass is 9.93. The van der Waals surface area contributed by atoms with Gasteiger partial charge in [-0.15, -0.1) is 0 Å². The maximum Gasteiger partial charge on any atom is 0.226 e. The van der Waals surface area contributed by atoms with E-state index in [2.05, 4.69) is 70.5 Å². The molecule has 1 saturated heterocycles. The largest absolute Gasteiger partial charge is 0.489 e. The van der Waals surface area contributed by atoms with Crippen molar-refractivity contribution in [1.29, 1.82) is 0 Å². The smallest absolute Gasteiger partial charge is 0.226 e. The Balaban J connectivity index is 1.08. The number of ether oxygens (including phenoxy) is 1. The van der Waals surface area contributed by atoms with Gasteiger partial charge in [0.1, 0.15) is 12.4 Å². The monoisotopic (exact) mass is 440 g/mol. The van der Waals surface area contributed by atoms with E-state index in [1.54, 1.807) is 0 Å². The number of hydrogen-bond donors (Lipinski definition) is 0. The molecule has 3 aromatic carbocycles. The average Bonchev–Trinajstić information content (AvgIpc) is 2.89. The van der Waals surface area contributed by atoms with Gasteiger partial charge in [-0.1, -0.05) is 66.7 Å². The minimum atomic E-state index is 0.167. The van der Waals surface area contributed by atoms with E-state index >= 15 is 0 Å². The normalized spacial score (nSPS) is 16.9. The van der Waals surface area contributed by atoms with E-state index in [4.69, 9.17) is 4.74 Å². The van der Waals surface area contributed by atoms with Gasteiger partial charge >= 0.3 is 0 Å². The molecule has 4 heteroatoms. The predicted octanol–water partition coefficient (Wildman–Crippen LogP) is 5.06. The van der Waals surface area contributed by atoms with E-state index in [0.29, 0.717) is 12.5 Å². The van der Waals surface area contributed by atoms with E-state index in [9.17, 15) is 4.79 Å². The molecule has 33 heavy (non-hydrogen) atoms. The van der Waals surface area contributed by atoms with E-state index in [-0.39, 0.29) is 5.92 Å². The van der Waals surface area contributed by atoms with E-state index in [1.807, 2.05) is 18.2 Å². The Labute approximate surface area is 196 Å². The Kier molecular flexibility index (Phi) is 6.73. The molecule has 0 spiro atoms. The minimum absolute atomic E-state index is 0.167. The van der Waals surface area contributed by atoms with Crippen molar-refractivity contribution < 1.29 is 9.53 Å². The van der Waals surface area contributed by atoms with Crippen molar-refractivity contribution >= 4 is 5.91 Å². The summed E-state index contributed by atoms with van der Waals surface area (Å²) in [5, 5.41) is 0. The van der Waals surface area contributed by atoms with Crippen LogP contribution in [0.4, 0.5) is 0 Å². The fraction of sp³-hybridized carbons (Fsp3) is 0.345. The Morgan fingerprint density at radius 2 is 1.48 bits per heavy atom. The molecule has 2 aliphatic heterocycles. The number of carbonyl (C=O) groups is 1. The molecular weight excluding hydrogens is 408 g/mol. The quantitative estimate of drug-likeness (QED) is 0.537. The number of amides is 1. The minimum Gasteiger partial charge on any atom is -0.489 e. The van der Waals surface area contributed by atoms with E-state index < -0.39 is 0 Å². The summed E-state index contributed by atoms with van der Waals surface area (Å²) < 4.78 is 5.90. The van der Waals surface area contributed by atoms with E-state index in [0.717, 1.165) is 57.7 Å². The van der Waals surface area contributed by atoms with Crippen molar-refractivity contribution in [3.8, 4) is 5.75 Å². The standard InChI is InChI=1S/C29H32N2O2/c32-29(31-19-16-25-8-4-5-9-27(25)21-31)26-14-17-30(18-15-26)20-23-10-12-28(13-11-23)33-22-24-6-2-1-3-7-24/h1-13,26H,14-22H2. The van der Waals surface area contributed by atoms with Crippen LogP contribution in [0.15, 0.2) is 78.9 Å². The molecule has 0 radical (unpaired) electrons. The van der Waals surface area contributed by atoms with Crippen molar-refractivity contribution in [3.05, 3.63) is 101 Å². The number of fused-ring (bicyclic) bond motifs is 1. The molecular formula is C29H32N2O2.